The summed E-state index contributed by atoms with van der Waals surface area (Å²) in [5.41, 5.74) is 5.28. The van der Waals surface area contributed by atoms with Gasteiger partial charge in [0.05, 0.1) is 11.0 Å². The van der Waals surface area contributed by atoms with Gasteiger partial charge in [0.15, 0.2) is 0 Å². The van der Waals surface area contributed by atoms with E-state index < -0.39 is 0 Å². The summed E-state index contributed by atoms with van der Waals surface area (Å²) in [7, 11) is 0. The second kappa shape index (κ2) is 7.62. The highest BCUT2D eigenvalue weighted by atomic mass is 35.5. The number of para-hydroxylation sites is 2. The molecule has 1 aromatic heterocycles. The van der Waals surface area contributed by atoms with Gasteiger partial charge >= 0.3 is 0 Å². The first-order chi connectivity index (χ1) is 14.6. The van der Waals surface area contributed by atoms with Gasteiger partial charge < -0.3 is 9.47 Å². The zero-order chi connectivity index (χ0) is 20.7. The number of aromatic nitrogens is 2. The van der Waals surface area contributed by atoms with Crippen LogP contribution in [-0.2, 0) is 11.3 Å². The van der Waals surface area contributed by atoms with E-state index in [0.717, 1.165) is 33.1 Å². The van der Waals surface area contributed by atoms with E-state index in [9.17, 15) is 4.79 Å². The highest BCUT2D eigenvalue weighted by Gasteiger charge is 2.34. The van der Waals surface area contributed by atoms with Gasteiger partial charge in [-0.15, -0.1) is 0 Å². The average Bonchev–Trinajstić information content (AvgIpc) is 3.30. The number of anilines is 1. The lowest BCUT2D eigenvalue weighted by Crippen LogP contribution is -2.24. The van der Waals surface area contributed by atoms with Gasteiger partial charge in [-0.25, -0.2) is 4.98 Å². The van der Waals surface area contributed by atoms with Crippen molar-refractivity contribution in [1.82, 2.24) is 9.55 Å². The minimum absolute atomic E-state index is 0.0467. The van der Waals surface area contributed by atoms with Crippen LogP contribution >= 0.6 is 11.6 Å². The lowest BCUT2D eigenvalue weighted by molar-refractivity contribution is -0.117. The molecule has 0 aliphatic carbocycles. The number of amides is 1. The zero-order valence-corrected chi connectivity index (χ0v) is 17.5. The average molecular weight is 416 g/mol. The smallest absolute Gasteiger partial charge is 0.227 e. The van der Waals surface area contributed by atoms with E-state index in [1.807, 2.05) is 65.6 Å². The number of carbonyl (C=O) groups excluding carboxylic acids is 1. The zero-order valence-electron chi connectivity index (χ0n) is 16.8. The Morgan fingerprint density at radius 2 is 1.83 bits per heavy atom. The predicted molar refractivity (Wildman–Crippen MR) is 121 cm³/mol. The maximum absolute atomic E-state index is 12.8. The summed E-state index contributed by atoms with van der Waals surface area (Å²) in [6, 6.07) is 24.2. The molecular formula is C25H22ClN3O. The van der Waals surface area contributed by atoms with Crippen molar-refractivity contribution < 1.29 is 4.79 Å². The van der Waals surface area contributed by atoms with E-state index in [0.29, 0.717) is 19.5 Å². The number of rotatable bonds is 4. The molecule has 1 amide bonds. The molecule has 1 aliphatic heterocycles. The normalized spacial score (nSPS) is 16.5. The van der Waals surface area contributed by atoms with Gasteiger partial charge in [-0.2, -0.15) is 0 Å². The number of halogens is 1. The number of hydrogen-bond donors (Lipinski definition) is 0. The summed E-state index contributed by atoms with van der Waals surface area (Å²) in [6.45, 7) is 3.36. The Kier molecular flexibility index (Phi) is 4.80. The van der Waals surface area contributed by atoms with Crippen LogP contribution < -0.4 is 4.90 Å². The first kappa shape index (κ1) is 18.9. The molecule has 4 aromatic rings. The van der Waals surface area contributed by atoms with E-state index >= 15 is 0 Å². The Bertz CT molecular complexity index is 1230. The van der Waals surface area contributed by atoms with Crippen molar-refractivity contribution in [3.05, 3.63) is 94.8 Å². The molecule has 4 nitrogen and oxygen atoms in total. The molecule has 0 spiro atoms. The van der Waals surface area contributed by atoms with Crippen molar-refractivity contribution in [3.8, 4) is 0 Å². The molecule has 0 bridgehead atoms. The third-order valence-electron chi connectivity index (χ3n) is 5.75. The molecule has 30 heavy (non-hydrogen) atoms. The molecule has 0 radical (unpaired) electrons. The standard InChI is InChI=1S/C25H22ClN3O/c1-17-9-11-21(12-10-17)28-16-19(14-24(28)30)25-27-22-7-2-3-8-23(22)29(25)15-18-5-4-6-20(26)13-18/h2-13,19H,14-16H2,1H3. The first-order valence-electron chi connectivity index (χ1n) is 10.1. The number of hydrogen-bond acceptors (Lipinski definition) is 2. The quantitative estimate of drug-likeness (QED) is 0.437. The number of nitrogens with zero attached hydrogens (tertiary/aromatic N) is 3. The molecule has 1 atom stereocenters. The minimum Gasteiger partial charge on any atom is -0.323 e. The fourth-order valence-corrected chi connectivity index (χ4v) is 4.46. The van der Waals surface area contributed by atoms with Crippen LogP contribution in [0, 0.1) is 6.92 Å². The van der Waals surface area contributed by atoms with Crippen molar-refractivity contribution in [2.24, 2.45) is 0 Å². The fraction of sp³-hybridized carbons (Fsp3) is 0.200. The van der Waals surface area contributed by atoms with E-state index in [2.05, 4.69) is 23.6 Å². The third kappa shape index (κ3) is 3.48. The van der Waals surface area contributed by atoms with E-state index in [4.69, 9.17) is 16.6 Å². The molecule has 1 aliphatic rings. The topological polar surface area (TPSA) is 38.1 Å². The molecule has 2 heterocycles. The fourth-order valence-electron chi connectivity index (χ4n) is 4.24. The Balaban J connectivity index is 1.52. The molecule has 1 fully saturated rings. The summed E-state index contributed by atoms with van der Waals surface area (Å²) in [4.78, 5) is 19.7. The number of aryl methyl sites for hydroxylation is 1. The lowest BCUT2D eigenvalue weighted by atomic mass is 10.1. The Morgan fingerprint density at radius 1 is 1.03 bits per heavy atom. The maximum Gasteiger partial charge on any atom is 0.227 e. The van der Waals surface area contributed by atoms with Crippen LogP contribution in [0.25, 0.3) is 11.0 Å². The van der Waals surface area contributed by atoms with Crippen LogP contribution in [0.1, 0.15) is 29.3 Å². The predicted octanol–water partition coefficient (Wildman–Crippen LogP) is 5.57. The number of fused-ring (bicyclic) bond motifs is 1. The minimum atomic E-state index is 0.0467. The third-order valence-corrected chi connectivity index (χ3v) is 5.98. The molecule has 5 rings (SSSR count). The van der Waals surface area contributed by atoms with Crippen LogP contribution in [0.3, 0.4) is 0 Å². The molecular weight excluding hydrogens is 394 g/mol. The van der Waals surface area contributed by atoms with Gasteiger partial charge in [0, 0.05) is 36.1 Å². The van der Waals surface area contributed by atoms with Gasteiger partial charge in [0.1, 0.15) is 5.82 Å². The Labute approximate surface area is 180 Å². The molecule has 0 N–H and O–H groups in total. The molecule has 5 heteroatoms. The van der Waals surface area contributed by atoms with Gasteiger partial charge in [0.25, 0.3) is 0 Å². The van der Waals surface area contributed by atoms with E-state index in [1.54, 1.807) is 0 Å². The molecule has 1 saturated heterocycles. The van der Waals surface area contributed by atoms with Crippen LogP contribution in [0.2, 0.25) is 5.02 Å². The summed E-state index contributed by atoms with van der Waals surface area (Å²) in [6.07, 6.45) is 0.465. The van der Waals surface area contributed by atoms with Crippen molar-refractivity contribution in [3.63, 3.8) is 0 Å². The number of carbonyl (C=O) groups is 1. The van der Waals surface area contributed by atoms with Crippen molar-refractivity contribution in [1.29, 1.82) is 0 Å². The first-order valence-corrected chi connectivity index (χ1v) is 10.5. The van der Waals surface area contributed by atoms with Crippen LogP contribution in [0.4, 0.5) is 5.69 Å². The molecule has 0 saturated carbocycles. The number of imidazole rings is 1. The van der Waals surface area contributed by atoms with E-state index in [-0.39, 0.29) is 11.8 Å². The summed E-state index contributed by atoms with van der Waals surface area (Å²) in [5.74, 6) is 1.15. The second-order valence-corrected chi connectivity index (χ2v) is 8.35. The molecule has 1 unspecified atom stereocenters. The van der Waals surface area contributed by atoms with Gasteiger partial charge in [0.2, 0.25) is 5.91 Å². The maximum atomic E-state index is 12.8. The monoisotopic (exact) mass is 415 g/mol. The summed E-state index contributed by atoms with van der Waals surface area (Å²) >= 11 is 6.21. The van der Waals surface area contributed by atoms with Gasteiger partial charge in [-0.05, 0) is 48.9 Å². The summed E-state index contributed by atoms with van der Waals surface area (Å²) < 4.78 is 2.23. The lowest BCUT2D eigenvalue weighted by Gasteiger charge is -2.18. The van der Waals surface area contributed by atoms with Gasteiger partial charge in [-0.1, -0.05) is 53.6 Å². The van der Waals surface area contributed by atoms with Crippen molar-refractivity contribution >= 4 is 34.2 Å². The Morgan fingerprint density at radius 3 is 2.63 bits per heavy atom. The second-order valence-electron chi connectivity index (χ2n) is 7.92. The summed E-state index contributed by atoms with van der Waals surface area (Å²) in [5, 5.41) is 0.722. The van der Waals surface area contributed by atoms with E-state index in [1.165, 1.54) is 5.56 Å². The van der Waals surface area contributed by atoms with Crippen LogP contribution in [0.5, 0.6) is 0 Å². The largest absolute Gasteiger partial charge is 0.323 e. The van der Waals surface area contributed by atoms with Crippen molar-refractivity contribution in [2.75, 3.05) is 11.4 Å². The van der Waals surface area contributed by atoms with Gasteiger partial charge in [-0.3, -0.25) is 4.79 Å². The highest BCUT2D eigenvalue weighted by molar-refractivity contribution is 6.30. The van der Waals surface area contributed by atoms with Crippen molar-refractivity contribution in [2.45, 2.75) is 25.8 Å². The van der Waals surface area contributed by atoms with Crippen LogP contribution in [-0.4, -0.2) is 22.0 Å². The van der Waals surface area contributed by atoms with Crippen LogP contribution in [0.15, 0.2) is 72.8 Å². The molecule has 150 valence electrons. The molecule has 3 aromatic carbocycles. The SMILES string of the molecule is Cc1ccc(N2CC(c3nc4ccccc4n3Cc3cccc(Cl)c3)CC2=O)cc1. The number of benzene rings is 3. The Hall–Kier alpha value is -3.11. The highest BCUT2D eigenvalue weighted by Crippen LogP contribution is 2.33.